The summed E-state index contributed by atoms with van der Waals surface area (Å²) in [4.78, 5) is 2.37. The number of hydrogen-bond donors (Lipinski definition) is 0. The molecule has 0 atom stereocenters. The second-order valence-corrected chi connectivity index (χ2v) is 4.00. The predicted molar refractivity (Wildman–Crippen MR) is 49.8 cm³/mol. The van der Waals surface area contributed by atoms with Crippen LogP contribution in [0.5, 0.6) is 0 Å². The van der Waals surface area contributed by atoms with Crippen molar-refractivity contribution in [2.75, 3.05) is 7.05 Å². The van der Waals surface area contributed by atoms with E-state index in [9.17, 15) is 0 Å². The van der Waals surface area contributed by atoms with E-state index >= 15 is 0 Å². The number of rotatable bonds is 0. The molecule has 0 unspecified atom stereocenters. The van der Waals surface area contributed by atoms with Crippen LogP contribution in [0.1, 0.15) is 25.0 Å². The zero-order valence-electron chi connectivity index (χ0n) is 7.89. The topological polar surface area (TPSA) is 3.24 Å². The first-order chi connectivity index (χ1) is 5.62. The largest absolute Gasteiger partial charge is 0.293 e. The summed E-state index contributed by atoms with van der Waals surface area (Å²) in [6.45, 7) is 5.58. The summed E-state index contributed by atoms with van der Waals surface area (Å²) in [6.07, 6.45) is 0. The van der Waals surface area contributed by atoms with E-state index in [1.165, 1.54) is 11.1 Å². The third-order valence-corrected chi connectivity index (χ3v) is 2.98. The van der Waals surface area contributed by atoms with Crippen LogP contribution in [0.25, 0.3) is 0 Å². The highest BCUT2D eigenvalue weighted by Gasteiger charge is 2.33. The lowest BCUT2D eigenvalue weighted by atomic mass is 9.94. The van der Waals surface area contributed by atoms with Crippen molar-refractivity contribution < 1.29 is 0 Å². The van der Waals surface area contributed by atoms with Gasteiger partial charge >= 0.3 is 0 Å². The van der Waals surface area contributed by atoms with Gasteiger partial charge in [-0.15, -0.1) is 0 Å². The van der Waals surface area contributed by atoms with Gasteiger partial charge in [0.25, 0.3) is 0 Å². The molecule has 0 fully saturated rings. The first-order valence-electron chi connectivity index (χ1n) is 4.33. The van der Waals surface area contributed by atoms with Gasteiger partial charge in [0.1, 0.15) is 0 Å². The number of benzene rings is 1. The summed E-state index contributed by atoms with van der Waals surface area (Å²) < 4.78 is 0. The molecule has 1 nitrogen and oxygen atoms in total. The smallest absolute Gasteiger partial charge is 0.0408 e. The van der Waals surface area contributed by atoms with Crippen LogP contribution >= 0.6 is 0 Å². The molecule has 0 saturated heterocycles. The Hall–Kier alpha value is -0.820. The molecule has 2 rings (SSSR count). The molecule has 0 aromatic heterocycles. The van der Waals surface area contributed by atoms with Gasteiger partial charge in [-0.25, -0.2) is 0 Å². The molecule has 0 spiro atoms. The first kappa shape index (κ1) is 7.81. The van der Waals surface area contributed by atoms with E-state index in [1.807, 2.05) is 6.07 Å². The van der Waals surface area contributed by atoms with Gasteiger partial charge in [-0.1, -0.05) is 12.1 Å². The molecule has 0 bridgehead atoms. The summed E-state index contributed by atoms with van der Waals surface area (Å²) in [5.41, 5.74) is 3.06. The molecule has 1 aromatic carbocycles. The maximum absolute atomic E-state index is 3.14. The van der Waals surface area contributed by atoms with Crippen molar-refractivity contribution in [3.05, 3.63) is 35.4 Å². The van der Waals surface area contributed by atoms with Crippen LogP contribution in [-0.2, 0) is 12.1 Å². The predicted octanol–water partition coefficient (Wildman–Crippen LogP) is 2.17. The molecule has 0 amide bonds. The Bertz CT molecular complexity index is 302. The van der Waals surface area contributed by atoms with Crippen molar-refractivity contribution in [1.82, 2.24) is 4.90 Å². The average Bonchev–Trinajstić information content (AvgIpc) is 2.25. The van der Waals surface area contributed by atoms with Gasteiger partial charge in [-0.2, -0.15) is 0 Å². The molecule has 1 radical (unpaired) electrons. The molecule has 63 valence electrons. The molecule has 1 aromatic rings. The van der Waals surface area contributed by atoms with Crippen molar-refractivity contribution in [3.63, 3.8) is 0 Å². The maximum atomic E-state index is 3.14. The van der Waals surface area contributed by atoms with Crippen LogP contribution in [0.2, 0.25) is 0 Å². The zero-order valence-corrected chi connectivity index (χ0v) is 7.89. The molecular formula is C11H14N. The van der Waals surface area contributed by atoms with Crippen LogP contribution in [-0.4, -0.2) is 11.9 Å². The lowest BCUT2D eigenvalue weighted by Crippen LogP contribution is -2.31. The lowest BCUT2D eigenvalue weighted by molar-refractivity contribution is 0.178. The molecule has 12 heavy (non-hydrogen) atoms. The summed E-state index contributed by atoms with van der Waals surface area (Å²) in [5, 5.41) is 0. The highest BCUT2D eigenvalue weighted by Crippen LogP contribution is 2.36. The van der Waals surface area contributed by atoms with Crippen molar-refractivity contribution in [1.29, 1.82) is 0 Å². The summed E-state index contributed by atoms with van der Waals surface area (Å²) >= 11 is 0. The Morgan fingerprint density at radius 3 is 2.92 bits per heavy atom. The van der Waals surface area contributed by atoms with E-state index in [4.69, 9.17) is 0 Å². The third kappa shape index (κ3) is 0.896. The number of fused-ring (bicyclic) bond motifs is 1. The van der Waals surface area contributed by atoms with E-state index in [0.29, 0.717) is 0 Å². The summed E-state index contributed by atoms with van der Waals surface area (Å²) in [7, 11) is 2.17. The molecule has 0 N–H and O–H groups in total. The minimum absolute atomic E-state index is 0.188. The van der Waals surface area contributed by atoms with Crippen molar-refractivity contribution in [2.24, 2.45) is 0 Å². The second kappa shape index (κ2) is 2.33. The van der Waals surface area contributed by atoms with Crippen molar-refractivity contribution >= 4 is 0 Å². The lowest BCUT2D eigenvalue weighted by Gasteiger charge is -2.28. The maximum Gasteiger partial charge on any atom is 0.0408 e. The molecule has 1 heterocycles. The van der Waals surface area contributed by atoms with Gasteiger partial charge < -0.3 is 0 Å². The Balaban J connectivity index is 2.55. The molecular weight excluding hydrogens is 146 g/mol. The van der Waals surface area contributed by atoms with Crippen molar-refractivity contribution in [3.8, 4) is 0 Å². The molecule has 1 aliphatic heterocycles. The third-order valence-electron chi connectivity index (χ3n) is 2.98. The SMILES string of the molecule is CN1Cc2cc[c]cc2C1(C)C. The zero-order chi connectivity index (χ0) is 8.77. The Morgan fingerprint density at radius 2 is 2.25 bits per heavy atom. The fourth-order valence-corrected chi connectivity index (χ4v) is 1.83. The molecule has 1 heteroatoms. The van der Waals surface area contributed by atoms with Gasteiger partial charge in [0.05, 0.1) is 0 Å². The van der Waals surface area contributed by atoms with Crippen LogP contribution in [0.3, 0.4) is 0 Å². The van der Waals surface area contributed by atoms with Crippen LogP contribution in [0.4, 0.5) is 0 Å². The van der Waals surface area contributed by atoms with Crippen LogP contribution in [0.15, 0.2) is 18.2 Å². The van der Waals surface area contributed by atoms with E-state index in [1.54, 1.807) is 0 Å². The van der Waals surface area contributed by atoms with Gasteiger partial charge in [0.2, 0.25) is 0 Å². The van der Waals surface area contributed by atoms with Gasteiger partial charge in [-0.3, -0.25) is 4.90 Å². The van der Waals surface area contributed by atoms with Crippen LogP contribution in [0, 0.1) is 6.07 Å². The Kier molecular flexibility index (Phi) is 1.52. The number of hydrogen-bond acceptors (Lipinski definition) is 1. The van der Waals surface area contributed by atoms with E-state index in [2.05, 4.69) is 44.0 Å². The van der Waals surface area contributed by atoms with E-state index in [-0.39, 0.29) is 5.54 Å². The fourth-order valence-electron chi connectivity index (χ4n) is 1.83. The number of nitrogens with zero attached hydrogens (tertiary/aromatic N) is 1. The minimum atomic E-state index is 0.188. The van der Waals surface area contributed by atoms with E-state index in [0.717, 1.165) is 6.54 Å². The highest BCUT2D eigenvalue weighted by atomic mass is 15.2. The van der Waals surface area contributed by atoms with Crippen LogP contribution < -0.4 is 0 Å². The van der Waals surface area contributed by atoms with Gasteiger partial charge in [-0.05, 0) is 44.2 Å². The highest BCUT2D eigenvalue weighted by molar-refractivity contribution is 5.36. The monoisotopic (exact) mass is 160 g/mol. The van der Waals surface area contributed by atoms with E-state index < -0.39 is 0 Å². The summed E-state index contributed by atoms with van der Waals surface area (Å²) in [5.74, 6) is 0. The average molecular weight is 160 g/mol. The second-order valence-electron chi connectivity index (χ2n) is 4.00. The first-order valence-corrected chi connectivity index (χ1v) is 4.33. The fraction of sp³-hybridized carbons (Fsp3) is 0.455. The normalized spacial score (nSPS) is 20.9. The van der Waals surface area contributed by atoms with Gasteiger partial charge in [0, 0.05) is 12.1 Å². The van der Waals surface area contributed by atoms with Crippen molar-refractivity contribution in [2.45, 2.75) is 25.9 Å². The Labute approximate surface area is 74.0 Å². The minimum Gasteiger partial charge on any atom is -0.293 e. The quantitative estimate of drug-likeness (QED) is 0.562. The summed E-state index contributed by atoms with van der Waals surface area (Å²) in [6, 6.07) is 9.41. The Morgan fingerprint density at radius 1 is 1.50 bits per heavy atom. The van der Waals surface area contributed by atoms with Gasteiger partial charge in [0.15, 0.2) is 0 Å². The molecule has 1 aliphatic rings. The standard InChI is InChI=1S/C11H14N/c1-11(2)10-7-5-4-6-9(10)8-12(11)3/h4,6-7H,8H2,1-3H3. The molecule has 0 aliphatic carbocycles. The molecule has 0 saturated carbocycles.